The SMILES string of the molecule is CCOc1cc(CNc2cccc(C(=O)O)c2)ccc1OCc1ccccc1F. The van der Waals surface area contributed by atoms with Crippen molar-refractivity contribution in [2.24, 2.45) is 0 Å². The van der Waals surface area contributed by atoms with Gasteiger partial charge in [0, 0.05) is 17.8 Å². The number of anilines is 1. The van der Waals surface area contributed by atoms with E-state index in [2.05, 4.69) is 5.32 Å². The van der Waals surface area contributed by atoms with Gasteiger partial charge in [-0.3, -0.25) is 0 Å². The molecule has 0 radical (unpaired) electrons. The Morgan fingerprint density at radius 3 is 2.59 bits per heavy atom. The minimum atomic E-state index is -0.969. The van der Waals surface area contributed by atoms with Gasteiger partial charge in [0.25, 0.3) is 0 Å². The third-order valence-corrected chi connectivity index (χ3v) is 4.26. The van der Waals surface area contributed by atoms with Crippen molar-refractivity contribution < 1.29 is 23.8 Å². The zero-order valence-electron chi connectivity index (χ0n) is 16.0. The highest BCUT2D eigenvalue weighted by Gasteiger charge is 2.09. The molecule has 0 amide bonds. The van der Waals surface area contributed by atoms with Crippen molar-refractivity contribution in [3.8, 4) is 11.5 Å². The molecule has 2 N–H and O–H groups in total. The third kappa shape index (κ3) is 5.48. The number of carbonyl (C=O) groups is 1. The Labute approximate surface area is 168 Å². The maximum Gasteiger partial charge on any atom is 0.335 e. The topological polar surface area (TPSA) is 67.8 Å². The van der Waals surface area contributed by atoms with Gasteiger partial charge in [-0.25, -0.2) is 9.18 Å². The number of aromatic carboxylic acids is 1. The number of hydrogen-bond acceptors (Lipinski definition) is 4. The zero-order chi connectivity index (χ0) is 20.6. The largest absolute Gasteiger partial charge is 0.490 e. The molecule has 6 heteroatoms. The van der Waals surface area contributed by atoms with Gasteiger partial charge in [-0.15, -0.1) is 0 Å². The number of ether oxygens (including phenoxy) is 2. The molecule has 0 aromatic heterocycles. The lowest BCUT2D eigenvalue weighted by molar-refractivity contribution is 0.0697. The molecule has 0 aliphatic heterocycles. The van der Waals surface area contributed by atoms with Crippen molar-refractivity contribution in [1.29, 1.82) is 0 Å². The van der Waals surface area contributed by atoms with Crippen molar-refractivity contribution in [3.05, 3.63) is 89.2 Å². The Bertz CT molecular complexity index is 990. The Morgan fingerprint density at radius 1 is 1.00 bits per heavy atom. The summed E-state index contributed by atoms with van der Waals surface area (Å²) in [5.41, 5.74) is 2.34. The summed E-state index contributed by atoms with van der Waals surface area (Å²) < 4.78 is 25.2. The van der Waals surface area contributed by atoms with E-state index < -0.39 is 5.97 Å². The molecule has 0 saturated heterocycles. The van der Waals surface area contributed by atoms with Gasteiger partial charge in [-0.1, -0.05) is 30.3 Å². The molecule has 0 heterocycles. The van der Waals surface area contributed by atoms with Crippen LogP contribution < -0.4 is 14.8 Å². The van der Waals surface area contributed by atoms with Crippen molar-refractivity contribution >= 4 is 11.7 Å². The van der Waals surface area contributed by atoms with Crippen LogP contribution in [0.5, 0.6) is 11.5 Å². The first kappa shape index (κ1) is 20.2. The van der Waals surface area contributed by atoms with E-state index >= 15 is 0 Å². The van der Waals surface area contributed by atoms with Crippen molar-refractivity contribution in [2.45, 2.75) is 20.1 Å². The molecule has 0 unspecified atom stereocenters. The summed E-state index contributed by atoms with van der Waals surface area (Å²) >= 11 is 0. The fourth-order valence-corrected chi connectivity index (χ4v) is 2.79. The molecule has 0 spiro atoms. The minimum absolute atomic E-state index is 0.103. The first-order valence-corrected chi connectivity index (χ1v) is 9.26. The molecule has 3 aromatic carbocycles. The van der Waals surface area contributed by atoms with Gasteiger partial charge in [0.15, 0.2) is 11.5 Å². The van der Waals surface area contributed by atoms with Gasteiger partial charge >= 0.3 is 5.97 Å². The van der Waals surface area contributed by atoms with E-state index in [9.17, 15) is 9.18 Å². The van der Waals surface area contributed by atoms with E-state index in [0.29, 0.717) is 35.9 Å². The second-order valence-electron chi connectivity index (χ2n) is 6.33. The molecule has 0 aliphatic rings. The quantitative estimate of drug-likeness (QED) is 0.527. The number of hydrogen-bond donors (Lipinski definition) is 2. The molecule has 0 aliphatic carbocycles. The average molecular weight is 395 g/mol. The highest BCUT2D eigenvalue weighted by Crippen LogP contribution is 2.30. The average Bonchev–Trinajstić information content (AvgIpc) is 2.73. The monoisotopic (exact) mass is 395 g/mol. The first-order chi connectivity index (χ1) is 14.1. The van der Waals surface area contributed by atoms with Gasteiger partial charge in [0.05, 0.1) is 12.2 Å². The molecule has 150 valence electrons. The Hall–Kier alpha value is -3.54. The fourth-order valence-electron chi connectivity index (χ4n) is 2.79. The summed E-state index contributed by atoms with van der Waals surface area (Å²) in [6.45, 7) is 2.93. The first-order valence-electron chi connectivity index (χ1n) is 9.26. The lowest BCUT2D eigenvalue weighted by atomic mass is 10.1. The molecule has 0 atom stereocenters. The fraction of sp³-hybridized carbons (Fsp3) is 0.174. The molecule has 0 bridgehead atoms. The van der Waals surface area contributed by atoms with E-state index in [-0.39, 0.29) is 18.0 Å². The van der Waals surface area contributed by atoms with Crippen LogP contribution in [0.1, 0.15) is 28.4 Å². The van der Waals surface area contributed by atoms with Crippen LogP contribution in [0.3, 0.4) is 0 Å². The van der Waals surface area contributed by atoms with Crippen LogP contribution in [0.2, 0.25) is 0 Å². The molecule has 3 aromatic rings. The predicted molar refractivity (Wildman–Crippen MR) is 109 cm³/mol. The van der Waals surface area contributed by atoms with E-state index in [1.165, 1.54) is 6.07 Å². The maximum absolute atomic E-state index is 13.8. The number of rotatable bonds is 9. The van der Waals surface area contributed by atoms with Gasteiger partial charge in [0.2, 0.25) is 0 Å². The lowest BCUT2D eigenvalue weighted by Crippen LogP contribution is -2.04. The summed E-state index contributed by atoms with van der Waals surface area (Å²) in [5, 5.41) is 12.3. The molecule has 3 rings (SSSR count). The van der Waals surface area contributed by atoms with Crippen LogP contribution in [-0.2, 0) is 13.2 Å². The standard InChI is InChI=1S/C23H22FNO4/c1-2-28-22-12-16(14-25-19-8-5-7-17(13-19)23(26)27)10-11-21(22)29-15-18-6-3-4-9-20(18)24/h3-13,25H,2,14-15H2,1H3,(H,26,27). The summed E-state index contributed by atoms with van der Waals surface area (Å²) in [6.07, 6.45) is 0. The normalized spacial score (nSPS) is 10.4. The Morgan fingerprint density at radius 2 is 1.83 bits per heavy atom. The number of halogens is 1. The minimum Gasteiger partial charge on any atom is -0.490 e. The van der Waals surface area contributed by atoms with E-state index in [0.717, 1.165) is 5.56 Å². The summed E-state index contributed by atoms with van der Waals surface area (Å²) in [6, 6.07) is 18.6. The Balaban J connectivity index is 1.69. The summed E-state index contributed by atoms with van der Waals surface area (Å²) in [5.74, 6) is -0.173. The highest BCUT2D eigenvalue weighted by molar-refractivity contribution is 5.88. The predicted octanol–water partition coefficient (Wildman–Crippen LogP) is 5.11. The van der Waals surface area contributed by atoms with Gasteiger partial charge in [0.1, 0.15) is 12.4 Å². The third-order valence-electron chi connectivity index (χ3n) is 4.26. The van der Waals surface area contributed by atoms with Crippen LogP contribution in [0.4, 0.5) is 10.1 Å². The molecular formula is C23H22FNO4. The molecule has 29 heavy (non-hydrogen) atoms. The molecule has 0 fully saturated rings. The second kappa shape index (κ2) is 9.59. The highest BCUT2D eigenvalue weighted by atomic mass is 19.1. The summed E-state index contributed by atoms with van der Waals surface area (Å²) in [7, 11) is 0. The van der Waals surface area contributed by atoms with Gasteiger partial charge in [-0.05, 0) is 48.9 Å². The van der Waals surface area contributed by atoms with Crippen molar-refractivity contribution in [1.82, 2.24) is 0 Å². The van der Waals surface area contributed by atoms with Crippen LogP contribution in [-0.4, -0.2) is 17.7 Å². The smallest absolute Gasteiger partial charge is 0.335 e. The van der Waals surface area contributed by atoms with Gasteiger partial charge in [-0.2, -0.15) is 0 Å². The van der Waals surface area contributed by atoms with Crippen LogP contribution >= 0.6 is 0 Å². The van der Waals surface area contributed by atoms with Crippen molar-refractivity contribution in [2.75, 3.05) is 11.9 Å². The maximum atomic E-state index is 13.8. The number of benzene rings is 3. The van der Waals surface area contributed by atoms with Crippen LogP contribution in [0, 0.1) is 5.82 Å². The van der Waals surface area contributed by atoms with Crippen LogP contribution in [0.15, 0.2) is 66.7 Å². The van der Waals surface area contributed by atoms with Gasteiger partial charge < -0.3 is 19.9 Å². The molecular weight excluding hydrogens is 373 g/mol. The summed E-state index contributed by atoms with van der Waals surface area (Å²) in [4.78, 5) is 11.1. The zero-order valence-corrected chi connectivity index (χ0v) is 16.0. The number of nitrogens with one attached hydrogen (secondary N) is 1. The van der Waals surface area contributed by atoms with Crippen LogP contribution in [0.25, 0.3) is 0 Å². The number of carboxylic acid groups (broad SMARTS) is 1. The lowest BCUT2D eigenvalue weighted by Gasteiger charge is -2.14. The van der Waals surface area contributed by atoms with E-state index in [1.54, 1.807) is 42.5 Å². The van der Waals surface area contributed by atoms with Crippen molar-refractivity contribution in [3.63, 3.8) is 0 Å². The Kier molecular flexibility index (Phi) is 6.68. The number of carboxylic acids is 1. The van der Waals surface area contributed by atoms with E-state index in [4.69, 9.17) is 14.6 Å². The molecule has 0 saturated carbocycles. The van der Waals surface area contributed by atoms with E-state index in [1.807, 2.05) is 25.1 Å². The second-order valence-corrected chi connectivity index (χ2v) is 6.33. The molecule has 5 nitrogen and oxygen atoms in total.